The van der Waals surface area contributed by atoms with Gasteiger partial charge in [-0.1, -0.05) is 66.2 Å². The maximum Gasteiger partial charge on any atom is 0.286 e. The van der Waals surface area contributed by atoms with Crippen molar-refractivity contribution in [1.29, 1.82) is 0 Å². The molecule has 0 saturated heterocycles. The zero-order chi connectivity index (χ0) is 24.3. The van der Waals surface area contributed by atoms with Gasteiger partial charge in [-0.3, -0.25) is 0 Å². The summed E-state index contributed by atoms with van der Waals surface area (Å²) < 4.78 is 32.0. The Morgan fingerprint density at radius 3 is 2.47 bits per heavy atom. The molecule has 0 radical (unpaired) electrons. The van der Waals surface area contributed by atoms with Crippen LogP contribution in [-0.2, 0) is 15.8 Å². The lowest BCUT2D eigenvalue weighted by atomic mass is 10.1. The molecule has 174 valence electrons. The second-order valence-corrected chi connectivity index (χ2v) is 10.7. The molecular formula is C25H23ClN4O2S2. The van der Waals surface area contributed by atoms with Crippen LogP contribution in [0.3, 0.4) is 0 Å². The highest BCUT2D eigenvalue weighted by Crippen LogP contribution is 2.35. The average Bonchev–Trinajstić information content (AvgIpc) is 3.31. The first-order valence-corrected chi connectivity index (χ1v) is 13.2. The Kier molecular flexibility index (Phi) is 7.11. The lowest BCUT2D eigenvalue weighted by Gasteiger charge is -2.12. The van der Waals surface area contributed by atoms with Crippen LogP contribution in [0.1, 0.15) is 16.7 Å². The molecule has 0 atom stereocenters. The van der Waals surface area contributed by atoms with Gasteiger partial charge < -0.3 is 5.73 Å². The van der Waals surface area contributed by atoms with E-state index in [4.69, 9.17) is 17.3 Å². The average molecular weight is 511 g/mol. The Hall–Kier alpha value is -3.07. The predicted octanol–water partition coefficient (Wildman–Crippen LogP) is 5.66. The first-order valence-electron chi connectivity index (χ1n) is 10.4. The largest absolute Gasteiger partial charge is 0.367 e. The minimum absolute atomic E-state index is 0.0596. The molecule has 4 aromatic rings. The molecule has 0 spiro atoms. The highest BCUT2D eigenvalue weighted by atomic mass is 35.5. The summed E-state index contributed by atoms with van der Waals surface area (Å²) in [7, 11) is -4.15. The highest BCUT2D eigenvalue weighted by Gasteiger charge is 2.22. The van der Waals surface area contributed by atoms with Crippen LogP contribution in [0.25, 0.3) is 11.3 Å². The normalized spacial score (nSPS) is 12.1. The van der Waals surface area contributed by atoms with E-state index in [9.17, 15) is 8.42 Å². The molecule has 0 aliphatic carbocycles. The number of halogens is 1. The fraction of sp³-hybridized carbons (Fsp3) is 0.120. The van der Waals surface area contributed by atoms with Crippen molar-refractivity contribution in [1.82, 2.24) is 9.78 Å². The Balaban J connectivity index is 1.71. The summed E-state index contributed by atoms with van der Waals surface area (Å²) in [6.45, 7) is 3.78. The maximum atomic E-state index is 13.4. The van der Waals surface area contributed by atoms with Gasteiger partial charge in [0.1, 0.15) is 4.90 Å². The molecule has 1 aromatic heterocycles. The van der Waals surface area contributed by atoms with Crippen molar-refractivity contribution >= 4 is 39.3 Å². The Morgan fingerprint density at radius 2 is 1.74 bits per heavy atom. The number of aryl methyl sites for hydroxylation is 2. The lowest BCUT2D eigenvalue weighted by Crippen LogP contribution is -2.26. The van der Waals surface area contributed by atoms with Gasteiger partial charge in [-0.05, 0) is 48.7 Å². The zero-order valence-electron chi connectivity index (χ0n) is 18.6. The summed E-state index contributed by atoms with van der Waals surface area (Å²) in [4.78, 5) is 0.573. The molecule has 34 heavy (non-hydrogen) atoms. The van der Waals surface area contributed by atoms with Crippen LogP contribution in [0.15, 0.2) is 93.2 Å². The van der Waals surface area contributed by atoms with Crippen molar-refractivity contribution in [2.75, 3.05) is 0 Å². The first-order chi connectivity index (χ1) is 16.3. The van der Waals surface area contributed by atoms with Gasteiger partial charge in [-0.2, -0.15) is 18.2 Å². The molecule has 3 aromatic carbocycles. The molecule has 0 bridgehead atoms. The van der Waals surface area contributed by atoms with Crippen molar-refractivity contribution in [3.05, 3.63) is 101 Å². The van der Waals surface area contributed by atoms with Crippen LogP contribution in [0.5, 0.6) is 0 Å². The Bertz CT molecular complexity index is 1470. The van der Waals surface area contributed by atoms with E-state index in [0.717, 1.165) is 16.7 Å². The standard InChI is InChI=1S/C25H23ClN4O2S2/c1-17-8-6-7-11-20(17)16-33-23-15-21(26)18(2)14-24(23)34(31,32)29-25(27)30-22(12-13-28-30)19-9-4-3-5-10-19/h3-15H,16H2,1-2H3,(H2,27,29). The molecule has 0 aliphatic rings. The first kappa shape index (κ1) is 24.1. The van der Waals surface area contributed by atoms with Crippen molar-refractivity contribution in [2.24, 2.45) is 10.1 Å². The van der Waals surface area contributed by atoms with Crippen LogP contribution in [0.2, 0.25) is 5.02 Å². The van der Waals surface area contributed by atoms with Gasteiger partial charge in [0.15, 0.2) is 0 Å². The van der Waals surface area contributed by atoms with Crippen molar-refractivity contribution in [3.8, 4) is 11.3 Å². The number of aromatic nitrogens is 2. The van der Waals surface area contributed by atoms with Gasteiger partial charge in [-0.15, -0.1) is 16.2 Å². The second kappa shape index (κ2) is 10.0. The number of sulfonamides is 1. The van der Waals surface area contributed by atoms with Crippen LogP contribution in [-0.4, -0.2) is 24.2 Å². The summed E-state index contributed by atoms with van der Waals surface area (Å²) in [5.41, 5.74) is 10.5. The van der Waals surface area contributed by atoms with E-state index in [0.29, 0.717) is 26.9 Å². The van der Waals surface area contributed by atoms with E-state index < -0.39 is 10.0 Å². The SMILES string of the molecule is Cc1cc(S(=O)(=O)/N=C(\N)n2nccc2-c2ccccc2)c(SCc2ccccc2C)cc1Cl. The van der Waals surface area contributed by atoms with Crippen molar-refractivity contribution in [2.45, 2.75) is 29.4 Å². The number of rotatable bonds is 6. The molecule has 0 unspecified atom stereocenters. The number of hydrogen-bond donors (Lipinski definition) is 1. The number of nitrogens with zero attached hydrogens (tertiary/aromatic N) is 3. The third-order valence-electron chi connectivity index (χ3n) is 5.29. The van der Waals surface area contributed by atoms with E-state index in [-0.39, 0.29) is 10.9 Å². The molecular weight excluding hydrogens is 488 g/mol. The maximum absolute atomic E-state index is 13.4. The third kappa shape index (κ3) is 5.19. The molecule has 1 heterocycles. The van der Waals surface area contributed by atoms with Gasteiger partial charge in [0.05, 0.1) is 11.9 Å². The Labute approximate surface area is 208 Å². The smallest absolute Gasteiger partial charge is 0.286 e. The molecule has 9 heteroatoms. The van der Waals surface area contributed by atoms with Crippen molar-refractivity contribution < 1.29 is 8.42 Å². The molecule has 6 nitrogen and oxygen atoms in total. The lowest BCUT2D eigenvalue weighted by molar-refractivity contribution is 0.595. The van der Waals surface area contributed by atoms with Crippen LogP contribution >= 0.6 is 23.4 Å². The summed E-state index contributed by atoms with van der Waals surface area (Å²) in [5, 5.41) is 4.67. The van der Waals surface area contributed by atoms with Gasteiger partial charge in [0.2, 0.25) is 5.96 Å². The third-order valence-corrected chi connectivity index (χ3v) is 8.25. The van der Waals surface area contributed by atoms with Gasteiger partial charge in [0.25, 0.3) is 10.0 Å². The van der Waals surface area contributed by atoms with E-state index in [1.54, 1.807) is 25.3 Å². The van der Waals surface area contributed by atoms with E-state index in [1.807, 2.05) is 61.5 Å². The molecule has 4 rings (SSSR count). The van der Waals surface area contributed by atoms with E-state index in [1.165, 1.54) is 22.5 Å². The monoisotopic (exact) mass is 510 g/mol. The van der Waals surface area contributed by atoms with Crippen molar-refractivity contribution in [3.63, 3.8) is 0 Å². The molecule has 0 aliphatic heterocycles. The van der Waals surface area contributed by atoms with Gasteiger partial charge in [-0.25, -0.2) is 0 Å². The highest BCUT2D eigenvalue weighted by molar-refractivity contribution is 7.99. The number of benzene rings is 3. The zero-order valence-corrected chi connectivity index (χ0v) is 21.0. The van der Waals surface area contributed by atoms with Crippen LogP contribution in [0.4, 0.5) is 0 Å². The second-order valence-electron chi connectivity index (χ2n) is 7.68. The quantitative estimate of drug-likeness (QED) is 0.205. The van der Waals surface area contributed by atoms with E-state index >= 15 is 0 Å². The topological polar surface area (TPSA) is 90.3 Å². The summed E-state index contributed by atoms with van der Waals surface area (Å²) >= 11 is 7.73. The summed E-state index contributed by atoms with van der Waals surface area (Å²) in [6, 6.07) is 22.4. The molecule has 0 saturated carbocycles. The number of hydrogen-bond acceptors (Lipinski definition) is 4. The summed E-state index contributed by atoms with van der Waals surface area (Å²) in [6.07, 6.45) is 1.55. The van der Waals surface area contributed by atoms with Gasteiger partial charge >= 0.3 is 0 Å². The predicted molar refractivity (Wildman–Crippen MR) is 139 cm³/mol. The fourth-order valence-corrected chi connectivity index (χ4v) is 6.22. The molecule has 2 N–H and O–H groups in total. The molecule has 0 amide bonds. The minimum atomic E-state index is -4.15. The van der Waals surface area contributed by atoms with Crippen LogP contribution in [0, 0.1) is 13.8 Å². The summed E-state index contributed by atoms with van der Waals surface area (Å²) in [5.74, 6) is 0.344. The molecule has 0 fully saturated rings. The van der Waals surface area contributed by atoms with Crippen LogP contribution < -0.4 is 5.73 Å². The fourth-order valence-electron chi connectivity index (χ4n) is 3.40. The minimum Gasteiger partial charge on any atom is -0.367 e. The van der Waals surface area contributed by atoms with E-state index in [2.05, 4.69) is 9.50 Å². The number of thioether (sulfide) groups is 1. The number of nitrogens with two attached hydrogens (primary N) is 1. The Morgan fingerprint density at radius 1 is 1.03 bits per heavy atom. The van der Waals surface area contributed by atoms with Gasteiger partial charge in [0, 0.05) is 21.2 Å².